The second-order valence-corrected chi connectivity index (χ2v) is 14.2. The zero-order valence-electron chi connectivity index (χ0n) is 39.0. The number of aryl methyl sites for hydroxylation is 8. The molecule has 0 unspecified atom stereocenters. The lowest BCUT2D eigenvalue weighted by molar-refractivity contribution is 0.974. The molecule has 0 bridgehead atoms. The van der Waals surface area contributed by atoms with E-state index in [0.29, 0.717) is 0 Å². The van der Waals surface area contributed by atoms with E-state index >= 15 is 0 Å². The molecule has 7 aromatic heterocycles. The second kappa shape index (κ2) is 32.3. The third-order valence-electron chi connectivity index (χ3n) is 8.30. The molecular formula is C54H58N12. The lowest BCUT2D eigenvalue weighted by atomic mass is 9.96. The van der Waals surface area contributed by atoms with E-state index in [1.165, 1.54) is 63.9 Å². The van der Waals surface area contributed by atoms with Gasteiger partial charge in [-0.15, -0.1) is 0 Å². The molecule has 0 saturated heterocycles. The van der Waals surface area contributed by atoms with Crippen LogP contribution in [0, 0.1) is 55.4 Å². The Morgan fingerprint density at radius 3 is 1.32 bits per heavy atom. The van der Waals surface area contributed by atoms with Crippen molar-refractivity contribution < 1.29 is 0 Å². The predicted molar refractivity (Wildman–Crippen MR) is 266 cm³/mol. The van der Waals surface area contributed by atoms with Gasteiger partial charge in [0.15, 0.2) is 0 Å². The molecule has 0 aliphatic rings. The molecule has 0 amide bonds. The fraction of sp³-hybridized carbons (Fsp3) is 0.148. The average Bonchev–Trinajstić information content (AvgIpc) is 3.35. The zero-order valence-corrected chi connectivity index (χ0v) is 39.0. The third kappa shape index (κ3) is 24.3. The van der Waals surface area contributed by atoms with Crippen LogP contribution in [0.15, 0.2) is 209 Å². The molecule has 7 heterocycles. The Hall–Kier alpha value is -8.38. The highest BCUT2D eigenvalue weighted by Crippen LogP contribution is 2.29. The van der Waals surface area contributed by atoms with Crippen LogP contribution < -0.4 is 0 Å². The van der Waals surface area contributed by atoms with Gasteiger partial charge in [-0.25, -0.2) is 44.9 Å². The van der Waals surface area contributed by atoms with Gasteiger partial charge in [-0.1, -0.05) is 78.9 Å². The maximum Gasteiger partial charge on any atom is 0.128 e. The molecule has 3 aromatic carbocycles. The van der Waals surface area contributed by atoms with Crippen LogP contribution in [0.2, 0.25) is 0 Å². The summed E-state index contributed by atoms with van der Waals surface area (Å²) in [7, 11) is 0. The minimum atomic E-state index is 0.759. The molecule has 0 radical (unpaired) electrons. The predicted octanol–water partition coefficient (Wildman–Crippen LogP) is 11.5. The zero-order chi connectivity index (χ0) is 47.5. The molecule has 0 aliphatic heterocycles. The molecule has 0 spiro atoms. The van der Waals surface area contributed by atoms with Crippen molar-refractivity contribution in [2.24, 2.45) is 0 Å². The van der Waals surface area contributed by atoms with E-state index in [-0.39, 0.29) is 0 Å². The molecule has 12 nitrogen and oxygen atoms in total. The standard InChI is InChI=1S/C17H14.3C6H7N.3C5H6N2.C4H5N3/c1-13-11-15-9-5-6-10-16(15)17(12-13)14-7-3-2-4-8-14;1-6-2-4-7-5-3-6;1-6-3-2-4-7-5-6;1-6-4-2-3-5-7-6;1-5-2-6-4-7-3-5;1-5-2-3-6-4-7-5;1-5-6-3-2-4-7-5;1-4-6-2-5-3-7-4/h2-12H,1H3;3*2-5H,1H3;3*2-4H,1H3;2-3H,1H3. The van der Waals surface area contributed by atoms with Crippen LogP contribution >= 0.6 is 0 Å². The molecule has 10 rings (SSSR count). The quantitative estimate of drug-likeness (QED) is 0.154. The minimum absolute atomic E-state index is 0.759. The van der Waals surface area contributed by atoms with Gasteiger partial charge in [0.1, 0.15) is 37.0 Å². The molecule has 12 heteroatoms. The second-order valence-electron chi connectivity index (χ2n) is 14.2. The van der Waals surface area contributed by atoms with Crippen LogP contribution in [0.4, 0.5) is 0 Å². The summed E-state index contributed by atoms with van der Waals surface area (Å²) in [6.07, 6.45) is 23.7. The summed E-state index contributed by atoms with van der Waals surface area (Å²) in [5, 5.41) is 2.63. The largest absolute Gasteiger partial charge is 0.265 e. The molecule has 10 aromatic rings. The Kier molecular flexibility index (Phi) is 25.4. The molecule has 0 N–H and O–H groups in total. The van der Waals surface area contributed by atoms with Gasteiger partial charge in [0, 0.05) is 73.4 Å². The molecular weight excluding hydrogens is 817 g/mol. The molecule has 0 saturated carbocycles. The number of aromatic nitrogens is 12. The fourth-order valence-corrected chi connectivity index (χ4v) is 5.04. The summed E-state index contributed by atoms with van der Waals surface area (Å²) in [5.74, 6) is 1.58. The monoisotopic (exact) mass is 874 g/mol. The number of fused-ring (bicyclic) bond motifs is 1. The Bertz CT molecular complexity index is 2320. The third-order valence-corrected chi connectivity index (χ3v) is 8.30. The Balaban J connectivity index is 0.000000207. The van der Waals surface area contributed by atoms with Crippen molar-refractivity contribution in [2.45, 2.75) is 55.4 Å². The highest BCUT2D eigenvalue weighted by atomic mass is 15.0. The highest BCUT2D eigenvalue weighted by molar-refractivity contribution is 5.97. The first-order valence-corrected chi connectivity index (χ1v) is 21.0. The summed E-state index contributed by atoms with van der Waals surface area (Å²) in [6.45, 7) is 15.8. The van der Waals surface area contributed by atoms with E-state index in [4.69, 9.17) is 0 Å². The lowest BCUT2D eigenvalue weighted by Crippen LogP contribution is -1.84. The van der Waals surface area contributed by atoms with Crippen molar-refractivity contribution in [1.29, 1.82) is 0 Å². The minimum Gasteiger partial charge on any atom is -0.265 e. The maximum atomic E-state index is 3.98. The molecule has 0 fully saturated rings. The van der Waals surface area contributed by atoms with Gasteiger partial charge in [0.2, 0.25) is 0 Å². The van der Waals surface area contributed by atoms with E-state index in [0.717, 1.165) is 28.6 Å². The van der Waals surface area contributed by atoms with Crippen LogP contribution in [0.1, 0.15) is 45.3 Å². The van der Waals surface area contributed by atoms with Crippen molar-refractivity contribution in [3.8, 4) is 11.1 Å². The first-order valence-electron chi connectivity index (χ1n) is 21.0. The van der Waals surface area contributed by atoms with Crippen LogP contribution in [-0.4, -0.2) is 59.8 Å². The molecule has 0 aliphatic carbocycles. The van der Waals surface area contributed by atoms with Gasteiger partial charge in [0.05, 0.1) is 0 Å². The van der Waals surface area contributed by atoms with E-state index in [1.807, 2.05) is 103 Å². The highest BCUT2D eigenvalue weighted by Gasteiger charge is 2.03. The Morgan fingerprint density at radius 1 is 0.303 bits per heavy atom. The SMILES string of the molecule is Cc1cc(-c2ccccc2)c2ccccc2c1.Cc1ccccn1.Cc1cccnc1.Cc1ccncc1.Cc1ccncn1.Cc1cncnc1.Cc1ncccn1.Cc1ncncn1. The summed E-state index contributed by atoms with van der Waals surface area (Å²) in [6, 6.07) is 41.0. The summed E-state index contributed by atoms with van der Waals surface area (Å²) in [4.78, 5) is 45.7. The van der Waals surface area contributed by atoms with Crippen molar-refractivity contribution in [3.05, 3.63) is 254 Å². The van der Waals surface area contributed by atoms with Crippen LogP contribution in [0.25, 0.3) is 21.9 Å². The van der Waals surface area contributed by atoms with Gasteiger partial charge >= 0.3 is 0 Å². The first kappa shape index (κ1) is 52.0. The van der Waals surface area contributed by atoms with Crippen LogP contribution in [0.5, 0.6) is 0 Å². The molecule has 0 atom stereocenters. The number of benzene rings is 3. The van der Waals surface area contributed by atoms with Gasteiger partial charge in [0.25, 0.3) is 0 Å². The number of rotatable bonds is 1. The number of hydrogen-bond acceptors (Lipinski definition) is 12. The summed E-state index contributed by atoms with van der Waals surface area (Å²) in [5.41, 5.74) is 9.56. The van der Waals surface area contributed by atoms with E-state index in [1.54, 1.807) is 61.8 Å². The Morgan fingerprint density at radius 2 is 0.894 bits per heavy atom. The Labute approximate surface area is 389 Å². The smallest absolute Gasteiger partial charge is 0.128 e. The fourth-order valence-electron chi connectivity index (χ4n) is 5.04. The normalized spacial score (nSPS) is 9.21. The first-order chi connectivity index (χ1) is 32.1. The van der Waals surface area contributed by atoms with E-state index < -0.39 is 0 Å². The number of pyridine rings is 3. The summed E-state index contributed by atoms with van der Waals surface area (Å²) < 4.78 is 0. The lowest BCUT2D eigenvalue weighted by Gasteiger charge is -2.08. The van der Waals surface area contributed by atoms with E-state index in [2.05, 4.69) is 133 Å². The van der Waals surface area contributed by atoms with Gasteiger partial charge < -0.3 is 0 Å². The number of hydrogen-bond donors (Lipinski definition) is 0. The van der Waals surface area contributed by atoms with Crippen LogP contribution in [-0.2, 0) is 0 Å². The van der Waals surface area contributed by atoms with Gasteiger partial charge in [-0.05, 0) is 142 Å². The van der Waals surface area contributed by atoms with Gasteiger partial charge in [-0.2, -0.15) is 0 Å². The molecule has 334 valence electrons. The average molecular weight is 875 g/mol. The van der Waals surface area contributed by atoms with Crippen LogP contribution in [0.3, 0.4) is 0 Å². The van der Waals surface area contributed by atoms with Crippen molar-refractivity contribution in [3.63, 3.8) is 0 Å². The topological polar surface area (TPSA) is 155 Å². The van der Waals surface area contributed by atoms with Crippen molar-refractivity contribution in [1.82, 2.24) is 59.8 Å². The number of nitrogens with zero attached hydrogens (tertiary/aromatic N) is 12. The summed E-state index contributed by atoms with van der Waals surface area (Å²) >= 11 is 0. The van der Waals surface area contributed by atoms with Crippen molar-refractivity contribution >= 4 is 10.8 Å². The molecule has 66 heavy (non-hydrogen) atoms. The van der Waals surface area contributed by atoms with Gasteiger partial charge in [-0.3, -0.25) is 15.0 Å². The van der Waals surface area contributed by atoms with E-state index in [9.17, 15) is 0 Å². The maximum absolute atomic E-state index is 3.98. The van der Waals surface area contributed by atoms with Crippen molar-refractivity contribution in [2.75, 3.05) is 0 Å².